The molecule has 134 valence electrons. The molecule has 1 N–H and O–H groups in total. The predicted molar refractivity (Wildman–Crippen MR) is 99.3 cm³/mol. The maximum absolute atomic E-state index is 12.5. The molecule has 1 aliphatic heterocycles. The first-order chi connectivity index (χ1) is 11.9. The molecule has 3 heterocycles. The van der Waals surface area contributed by atoms with E-state index in [0.29, 0.717) is 12.8 Å². The molecule has 5 nitrogen and oxygen atoms in total. The number of aryl methyl sites for hydroxylation is 1. The van der Waals surface area contributed by atoms with Crippen LogP contribution in [0.4, 0.5) is 0 Å². The number of nitrogens with one attached hydrogen (secondary N) is 1. The Morgan fingerprint density at radius 1 is 1.44 bits per heavy atom. The molecule has 2 aromatic heterocycles. The van der Waals surface area contributed by atoms with Crippen molar-refractivity contribution in [2.45, 2.75) is 32.2 Å². The summed E-state index contributed by atoms with van der Waals surface area (Å²) in [5.74, 6) is 0.143. The Morgan fingerprint density at radius 3 is 2.92 bits per heavy atom. The highest BCUT2D eigenvalue weighted by atomic mass is 32.2. The number of thiophene rings is 1. The van der Waals surface area contributed by atoms with Crippen LogP contribution in [-0.2, 0) is 21.1 Å². The third-order valence-corrected chi connectivity index (χ3v) is 7.10. The number of rotatable bonds is 6. The fourth-order valence-corrected chi connectivity index (χ4v) is 5.82. The second-order valence-electron chi connectivity index (χ2n) is 6.63. The van der Waals surface area contributed by atoms with Crippen molar-refractivity contribution in [3.63, 3.8) is 0 Å². The van der Waals surface area contributed by atoms with Gasteiger partial charge in [-0.1, -0.05) is 6.07 Å². The van der Waals surface area contributed by atoms with Gasteiger partial charge in [-0.15, -0.1) is 0 Å². The molecule has 2 atom stereocenters. The van der Waals surface area contributed by atoms with Crippen molar-refractivity contribution in [1.29, 1.82) is 0 Å². The zero-order chi connectivity index (χ0) is 17.9. The topological polar surface area (TPSA) is 76.1 Å². The van der Waals surface area contributed by atoms with Gasteiger partial charge in [0.05, 0.1) is 23.2 Å². The molecule has 0 spiro atoms. The van der Waals surface area contributed by atoms with E-state index in [2.05, 4.69) is 15.7 Å². The number of aromatic nitrogens is 1. The van der Waals surface area contributed by atoms with Crippen LogP contribution in [-0.4, -0.2) is 30.8 Å². The van der Waals surface area contributed by atoms with E-state index in [0.717, 1.165) is 16.8 Å². The Labute approximate surface area is 152 Å². The molecule has 1 fully saturated rings. The Hall–Kier alpha value is -1.73. The first-order valence-corrected chi connectivity index (χ1v) is 11.1. The Kier molecular flexibility index (Phi) is 5.54. The molecule has 0 aromatic carbocycles. The highest BCUT2D eigenvalue weighted by Crippen LogP contribution is 2.24. The van der Waals surface area contributed by atoms with Gasteiger partial charge in [0.15, 0.2) is 9.84 Å². The van der Waals surface area contributed by atoms with Crippen LogP contribution in [0.3, 0.4) is 0 Å². The van der Waals surface area contributed by atoms with Crippen LogP contribution in [0.15, 0.2) is 35.2 Å². The highest BCUT2D eigenvalue weighted by molar-refractivity contribution is 7.91. The summed E-state index contributed by atoms with van der Waals surface area (Å²) >= 11 is 1.63. The zero-order valence-corrected chi connectivity index (χ0v) is 15.8. The van der Waals surface area contributed by atoms with Gasteiger partial charge in [-0.2, -0.15) is 11.3 Å². The van der Waals surface area contributed by atoms with Crippen molar-refractivity contribution in [3.8, 4) is 0 Å². The lowest BCUT2D eigenvalue weighted by Crippen LogP contribution is -2.32. The van der Waals surface area contributed by atoms with E-state index < -0.39 is 9.84 Å². The molecule has 2 unspecified atom stereocenters. The van der Waals surface area contributed by atoms with Crippen molar-refractivity contribution in [2.24, 2.45) is 5.92 Å². The normalized spacial score (nSPS) is 20.3. The lowest BCUT2D eigenvalue weighted by atomic mass is 10.00. The van der Waals surface area contributed by atoms with Crippen LogP contribution in [0.2, 0.25) is 0 Å². The monoisotopic (exact) mass is 378 g/mol. The van der Waals surface area contributed by atoms with Gasteiger partial charge < -0.3 is 5.32 Å². The second-order valence-corrected chi connectivity index (χ2v) is 9.64. The summed E-state index contributed by atoms with van der Waals surface area (Å²) in [5.41, 5.74) is 3.05. The number of nitrogens with zero attached hydrogens (tertiary/aromatic N) is 1. The molecule has 7 heteroatoms. The minimum atomic E-state index is -2.96. The number of sulfone groups is 1. The van der Waals surface area contributed by atoms with Gasteiger partial charge in [0.2, 0.25) is 5.91 Å². The third kappa shape index (κ3) is 4.89. The number of hydrogen-bond donors (Lipinski definition) is 1. The molecule has 0 radical (unpaired) electrons. The standard InChI is InChI=1S/C18H22N2O3S2/c1-13-3-2-6-19-18(13)16(9-14-4-7-24-11-14)20-17(21)10-15-5-8-25(22,23)12-15/h2-4,6-7,11,15-16H,5,8-10,12H2,1H3,(H,20,21). The van der Waals surface area contributed by atoms with Gasteiger partial charge in [-0.3, -0.25) is 9.78 Å². The summed E-state index contributed by atoms with van der Waals surface area (Å²) in [6, 6.07) is 5.71. The minimum absolute atomic E-state index is 0.0726. The first-order valence-electron chi connectivity index (χ1n) is 8.35. The Bertz CT molecular complexity index is 832. The van der Waals surface area contributed by atoms with Crippen LogP contribution in [0.1, 0.15) is 35.7 Å². The fraction of sp³-hybridized carbons (Fsp3) is 0.444. The van der Waals surface area contributed by atoms with E-state index in [1.807, 2.05) is 30.5 Å². The molecule has 1 aliphatic rings. The lowest BCUT2D eigenvalue weighted by Gasteiger charge is -2.20. The van der Waals surface area contributed by atoms with Gasteiger partial charge in [-0.05, 0) is 59.7 Å². The largest absolute Gasteiger partial charge is 0.347 e. The summed E-state index contributed by atoms with van der Waals surface area (Å²) < 4.78 is 23.2. The van der Waals surface area contributed by atoms with Gasteiger partial charge in [0, 0.05) is 12.6 Å². The van der Waals surface area contributed by atoms with Crippen LogP contribution in [0.5, 0.6) is 0 Å². The molecule has 2 aromatic rings. The quantitative estimate of drug-likeness (QED) is 0.838. The Balaban J connectivity index is 1.71. The predicted octanol–water partition coefficient (Wildman–Crippen LogP) is 2.68. The number of carbonyl (C=O) groups excluding carboxylic acids is 1. The molecule has 1 amide bonds. The molecule has 0 bridgehead atoms. The summed E-state index contributed by atoms with van der Waals surface area (Å²) in [7, 11) is -2.96. The van der Waals surface area contributed by atoms with E-state index in [4.69, 9.17) is 0 Å². The summed E-state index contributed by atoms with van der Waals surface area (Å²) in [6.07, 6.45) is 3.24. The minimum Gasteiger partial charge on any atom is -0.347 e. The number of amides is 1. The molecule has 25 heavy (non-hydrogen) atoms. The maximum Gasteiger partial charge on any atom is 0.220 e. The molecule has 1 saturated heterocycles. The van der Waals surface area contributed by atoms with Crippen molar-refractivity contribution in [3.05, 3.63) is 52.0 Å². The first kappa shape index (κ1) is 18.1. The van der Waals surface area contributed by atoms with Gasteiger partial charge in [-0.25, -0.2) is 8.42 Å². The van der Waals surface area contributed by atoms with E-state index in [9.17, 15) is 13.2 Å². The van der Waals surface area contributed by atoms with Gasteiger partial charge >= 0.3 is 0 Å². The van der Waals surface area contributed by atoms with Crippen molar-refractivity contribution < 1.29 is 13.2 Å². The second kappa shape index (κ2) is 7.66. The van der Waals surface area contributed by atoms with Crippen LogP contribution in [0, 0.1) is 12.8 Å². The molecular weight excluding hydrogens is 356 g/mol. The van der Waals surface area contributed by atoms with E-state index in [1.54, 1.807) is 17.5 Å². The van der Waals surface area contributed by atoms with Crippen molar-refractivity contribution in [1.82, 2.24) is 10.3 Å². The smallest absolute Gasteiger partial charge is 0.220 e. The number of hydrogen-bond acceptors (Lipinski definition) is 5. The summed E-state index contributed by atoms with van der Waals surface area (Å²) in [4.78, 5) is 17.0. The van der Waals surface area contributed by atoms with Gasteiger partial charge in [0.25, 0.3) is 0 Å². The van der Waals surface area contributed by atoms with Crippen LogP contribution >= 0.6 is 11.3 Å². The van der Waals surface area contributed by atoms with Gasteiger partial charge in [0.1, 0.15) is 0 Å². The van der Waals surface area contributed by atoms with E-state index in [-0.39, 0.29) is 35.8 Å². The average Bonchev–Trinajstić information content (AvgIpc) is 3.16. The SMILES string of the molecule is Cc1cccnc1C(Cc1ccsc1)NC(=O)CC1CCS(=O)(=O)C1. The zero-order valence-electron chi connectivity index (χ0n) is 14.1. The van der Waals surface area contributed by atoms with Crippen molar-refractivity contribution in [2.75, 3.05) is 11.5 Å². The van der Waals surface area contributed by atoms with Crippen LogP contribution in [0.25, 0.3) is 0 Å². The fourth-order valence-electron chi connectivity index (χ4n) is 3.27. The lowest BCUT2D eigenvalue weighted by molar-refractivity contribution is -0.122. The summed E-state index contributed by atoms with van der Waals surface area (Å²) in [5, 5.41) is 7.16. The number of pyridine rings is 1. The Morgan fingerprint density at radius 2 is 2.28 bits per heavy atom. The number of carbonyl (C=O) groups is 1. The highest BCUT2D eigenvalue weighted by Gasteiger charge is 2.30. The average molecular weight is 379 g/mol. The summed E-state index contributed by atoms with van der Waals surface area (Å²) in [6.45, 7) is 1.98. The molecule has 0 saturated carbocycles. The third-order valence-electron chi connectivity index (χ3n) is 4.54. The van der Waals surface area contributed by atoms with E-state index >= 15 is 0 Å². The van der Waals surface area contributed by atoms with Crippen LogP contribution < -0.4 is 5.32 Å². The van der Waals surface area contributed by atoms with E-state index in [1.165, 1.54) is 0 Å². The molecule has 3 rings (SSSR count). The molecule has 0 aliphatic carbocycles. The maximum atomic E-state index is 12.5. The van der Waals surface area contributed by atoms with Crippen molar-refractivity contribution >= 4 is 27.1 Å². The molecular formula is C18H22N2O3S2.